The predicted molar refractivity (Wildman–Crippen MR) is 49.7 cm³/mol. The Labute approximate surface area is 78.1 Å². The second-order valence-electron chi connectivity index (χ2n) is 3.10. The number of hydrogen-bond acceptors (Lipinski definition) is 3. The molecule has 4 heteroatoms. The van der Waals surface area contributed by atoms with Gasteiger partial charge in [0.15, 0.2) is 5.75 Å². The molecule has 74 valence electrons. The Hall–Kier alpha value is -1.03. The number of hydrogen-bond donors (Lipinski definition) is 1. The van der Waals surface area contributed by atoms with E-state index in [9.17, 15) is 0 Å². The fourth-order valence-corrected chi connectivity index (χ4v) is 0.987. The van der Waals surface area contributed by atoms with Crippen LogP contribution in [0.25, 0.3) is 0 Å². The van der Waals surface area contributed by atoms with E-state index in [-0.39, 0.29) is 0 Å². The summed E-state index contributed by atoms with van der Waals surface area (Å²) in [5, 5.41) is 13.1. The molecule has 0 radical (unpaired) electrons. The van der Waals surface area contributed by atoms with Crippen molar-refractivity contribution in [1.82, 2.24) is 9.78 Å². The summed E-state index contributed by atoms with van der Waals surface area (Å²) in [4.78, 5) is 0. The smallest absolute Gasteiger partial charge is 0.157 e. The van der Waals surface area contributed by atoms with Crippen molar-refractivity contribution in [3.63, 3.8) is 0 Å². The van der Waals surface area contributed by atoms with Crippen LogP contribution in [0.15, 0.2) is 12.4 Å². The van der Waals surface area contributed by atoms with E-state index in [1.54, 1.807) is 13.1 Å². The molecule has 13 heavy (non-hydrogen) atoms. The molecule has 1 N–H and O–H groups in total. The van der Waals surface area contributed by atoms with Gasteiger partial charge in [-0.05, 0) is 13.3 Å². The molecule has 0 aliphatic carbocycles. The van der Waals surface area contributed by atoms with Gasteiger partial charge < -0.3 is 9.84 Å². The van der Waals surface area contributed by atoms with Gasteiger partial charge >= 0.3 is 0 Å². The summed E-state index contributed by atoms with van der Waals surface area (Å²) in [5.74, 6) is 0.717. The minimum absolute atomic E-state index is 0.317. The largest absolute Gasteiger partial charge is 0.488 e. The average molecular weight is 184 g/mol. The van der Waals surface area contributed by atoms with Crippen LogP contribution < -0.4 is 4.74 Å². The monoisotopic (exact) mass is 184 g/mol. The fourth-order valence-electron chi connectivity index (χ4n) is 0.987. The van der Waals surface area contributed by atoms with Crippen LogP contribution in [0.2, 0.25) is 0 Å². The third-order valence-electron chi connectivity index (χ3n) is 1.55. The summed E-state index contributed by atoms with van der Waals surface area (Å²) in [5.41, 5.74) is 0. The maximum atomic E-state index is 8.97. The van der Waals surface area contributed by atoms with E-state index in [1.165, 1.54) is 0 Å². The summed E-state index contributed by atoms with van der Waals surface area (Å²) in [6, 6.07) is 0. The van der Waals surface area contributed by atoms with Gasteiger partial charge in [-0.2, -0.15) is 5.10 Å². The minimum Gasteiger partial charge on any atom is -0.488 e. The lowest BCUT2D eigenvalue weighted by Crippen LogP contribution is -2.12. The Bertz CT molecular complexity index is 246. The van der Waals surface area contributed by atoms with Crippen LogP contribution in [0.5, 0.6) is 5.75 Å². The zero-order chi connectivity index (χ0) is 9.68. The van der Waals surface area contributed by atoms with Gasteiger partial charge in [0.2, 0.25) is 0 Å². The van der Waals surface area contributed by atoms with Crippen molar-refractivity contribution < 1.29 is 9.84 Å². The van der Waals surface area contributed by atoms with Gasteiger partial charge in [-0.25, -0.2) is 0 Å². The second kappa shape index (κ2) is 4.87. The molecule has 0 bridgehead atoms. The summed E-state index contributed by atoms with van der Waals surface area (Å²) in [7, 11) is 0. The third kappa shape index (κ3) is 3.46. The van der Waals surface area contributed by atoms with Crippen LogP contribution in [0.4, 0.5) is 0 Å². The lowest BCUT2D eigenvalue weighted by Gasteiger charge is -2.04. The summed E-state index contributed by atoms with van der Waals surface area (Å²) < 4.78 is 7.09. The van der Waals surface area contributed by atoms with E-state index < -0.39 is 6.10 Å². The molecule has 1 atom stereocenters. The number of ether oxygens (including phenoxy) is 1. The molecule has 0 aromatic carbocycles. The molecule has 0 fully saturated rings. The van der Waals surface area contributed by atoms with Gasteiger partial charge in [-0.15, -0.1) is 0 Å². The number of rotatable bonds is 5. The maximum Gasteiger partial charge on any atom is 0.157 e. The molecular weight excluding hydrogens is 168 g/mol. The highest BCUT2D eigenvalue weighted by atomic mass is 16.5. The Morgan fingerprint density at radius 1 is 1.69 bits per heavy atom. The molecule has 4 nitrogen and oxygen atoms in total. The van der Waals surface area contributed by atoms with Gasteiger partial charge in [0.1, 0.15) is 6.61 Å². The predicted octanol–water partition coefficient (Wildman–Crippen LogP) is 1.05. The highest BCUT2D eigenvalue weighted by molar-refractivity contribution is 5.11. The Morgan fingerprint density at radius 2 is 2.46 bits per heavy atom. The maximum absolute atomic E-state index is 8.97. The topological polar surface area (TPSA) is 47.3 Å². The van der Waals surface area contributed by atoms with Crippen molar-refractivity contribution in [3.8, 4) is 5.75 Å². The van der Waals surface area contributed by atoms with Crippen molar-refractivity contribution in [3.05, 3.63) is 12.4 Å². The molecule has 1 aromatic heterocycles. The average Bonchev–Trinajstić information content (AvgIpc) is 2.50. The van der Waals surface area contributed by atoms with E-state index >= 15 is 0 Å². The first-order valence-electron chi connectivity index (χ1n) is 4.55. The van der Waals surface area contributed by atoms with Crippen LogP contribution in [0.1, 0.15) is 20.3 Å². The molecular formula is C9H16N2O2. The molecule has 0 saturated heterocycles. The standard InChI is InChI=1S/C9H16N2O2/c1-3-4-11-6-9(5-10-11)13-7-8(2)12/h5-6,8,12H,3-4,7H2,1-2H3. The molecule has 0 aliphatic heterocycles. The van der Waals surface area contributed by atoms with Crippen molar-refractivity contribution in [2.24, 2.45) is 0 Å². The Morgan fingerprint density at radius 3 is 3.08 bits per heavy atom. The van der Waals surface area contributed by atoms with Crippen LogP contribution >= 0.6 is 0 Å². The zero-order valence-electron chi connectivity index (χ0n) is 8.10. The Balaban J connectivity index is 2.39. The van der Waals surface area contributed by atoms with Gasteiger partial charge in [0.05, 0.1) is 18.5 Å². The van der Waals surface area contributed by atoms with Crippen LogP contribution in [0, 0.1) is 0 Å². The molecule has 0 spiro atoms. The van der Waals surface area contributed by atoms with E-state index in [0.717, 1.165) is 13.0 Å². The molecule has 1 aromatic rings. The molecule has 0 amide bonds. The normalized spacial score (nSPS) is 12.8. The summed E-state index contributed by atoms with van der Waals surface area (Å²) in [6.07, 6.45) is 4.12. The summed E-state index contributed by atoms with van der Waals surface area (Å²) in [6.45, 7) is 5.00. The van der Waals surface area contributed by atoms with E-state index in [0.29, 0.717) is 12.4 Å². The molecule has 0 aliphatic rings. The number of aromatic nitrogens is 2. The second-order valence-corrected chi connectivity index (χ2v) is 3.10. The fraction of sp³-hybridized carbons (Fsp3) is 0.667. The lowest BCUT2D eigenvalue weighted by molar-refractivity contribution is 0.122. The minimum atomic E-state index is -0.436. The van der Waals surface area contributed by atoms with E-state index in [4.69, 9.17) is 9.84 Å². The van der Waals surface area contributed by atoms with Crippen LogP contribution in [-0.2, 0) is 6.54 Å². The first kappa shape index (κ1) is 10.1. The number of nitrogens with zero attached hydrogens (tertiary/aromatic N) is 2. The van der Waals surface area contributed by atoms with Crippen molar-refractivity contribution >= 4 is 0 Å². The van der Waals surface area contributed by atoms with Crippen molar-refractivity contribution in [2.75, 3.05) is 6.61 Å². The first-order valence-corrected chi connectivity index (χ1v) is 4.55. The van der Waals surface area contributed by atoms with E-state index in [2.05, 4.69) is 12.0 Å². The van der Waals surface area contributed by atoms with Crippen molar-refractivity contribution in [1.29, 1.82) is 0 Å². The quantitative estimate of drug-likeness (QED) is 0.744. The summed E-state index contributed by atoms with van der Waals surface area (Å²) >= 11 is 0. The van der Waals surface area contributed by atoms with Gasteiger partial charge in [-0.3, -0.25) is 4.68 Å². The molecule has 1 unspecified atom stereocenters. The molecule has 1 heterocycles. The number of aliphatic hydroxyl groups is 1. The lowest BCUT2D eigenvalue weighted by atomic mass is 10.4. The van der Waals surface area contributed by atoms with Gasteiger partial charge in [-0.1, -0.05) is 6.92 Å². The van der Waals surface area contributed by atoms with Gasteiger partial charge in [0, 0.05) is 6.54 Å². The number of aryl methyl sites for hydroxylation is 1. The Kier molecular flexibility index (Phi) is 3.76. The van der Waals surface area contributed by atoms with Crippen LogP contribution in [-0.4, -0.2) is 27.6 Å². The number of aliphatic hydroxyl groups excluding tert-OH is 1. The molecule has 1 rings (SSSR count). The highest BCUT2D eigenvalue weighted by Crippen LogP contribution is 2.08. The van der Waals surface area contributed by atoms with Gasteiger partial charge in [0.25, 0.3) is 0 Å². The van der Waals surface area contributed by atoms with E-state index in [1.807, 2.05) is 10.9 Å². The SMILES string of the molecule is CCCn1cc(OCC(C)O)cn1. The third-order valence-corrected chi connectivity index (χ3v) is 1.55. The molecule has 0 saturated carbocycles. The zero-order valence-corrected chi connectivity index (χ0v) is 8.10. The highest BCUT2D eigenvalue weighted by Gasteiger charge is 2.00. The van der Waals surface area contributed by atoms with Crippen molar-refractivity contribution in [2.45, 2.75) is 32.9 Å². The first-order chi connectivity index (χ1) is 6.22. The van der Waals surface area contributed by atoms with Crippen LogP contribution in [0.3, 0.4) is 0 Å².